The highest BCUT2D eigenvalue weighted by molar-refractivity contribution is 6.02. The molecular formula is C12H11N3O3. The zero-order chi connectivity index (χ0) is 13.1. The summed E-state index contributed by atoms with van der Waals surface area (Å²) < 4.78 is 0. The van der Waals surface area contributed by atoms with E-state index in [9.17, 15) is 9.59 Å². The minimum absolute atomic E-state index is 0.0406. The number of benzene rings is 1. The second-order valence-corrected chi connectivity index (χ2v) is 3.95. The predicted octanol–water partition coefficient (Wildman–Crippen LogP) is -0.487. The minimum atomic E-state index is -0.388. The second-order valence-electron chi connectivity index (χ2n) is 3.95. The van der Waals surface area contributed by atoms with Gasteiger partial charge in [-0.1, -0.05) is 6.07 Å². The van der Waals surface area contributed by atoms with Crippen molar-refractivity contribution in [3.05, 3.63) is 29.3 Å². The molecule has 18 heavy (non-hydrogen) atoms. The summed E-state index contributed by atoms with van der Waals surface area (Å²) in [6.45, 7) is -0.0772. The highest BCUT2D eigenvalue weighted by atomic mass is 16.3. The highest BCUT2D eigenvalue weighted by Gasteiger charge is 2.24. The van der Waals surface area contributed by atoms with E-state index < -0.39 is 0 Å². The Morgan fingerprint density at radius 1 is 1.33 bits per heavy atom. The van der Waals surface area contributed by atoms with Crippen LogP contribution in [0.3, 0.4) is 0 Å². The lowest BCUT2D eigenvalue weighted by molar-refractivity contribution is -0.130. The molecule has 6 nitrogen and oxygen atoms in total. The molecule has 2 rings (SSSR count). The van der Waals surface area contributed by atoms with Crippen LogP contribution < -0.4 is 10.2 Å². The molecule has 1 saturated heterocycles. The molecule has 1 heterocycles. The molecule has 1 aliphatic rings. The average Bonchev–Trinajstić information content (AvgIpc) is 2.36. The normalized spacial score (nSPS) is 15.2. The zero-order valence-electron chi connectivity index (χ0n) is 9.51. The lowest BCUT2D eigenvalue weighted by Gasteiger charge is -2.28. The van der Waals surface area contributed by atoms with E-state index in [2.05, 4.69) is 5.32 Å². The number of rotatable bonds is 2. The lowest BCUT2D eigenvalue weighted by atomic mass is 10.1. The van der Waals surface area contributed by atoms with E-state index in [4.69, 9.17) is 10.4 Å². The van der Waals surface area contributed by atoms with Crippen LogP contribution in [-0.2, 0) is 16.2 Å². The van der Waals surface area contributed by atoms with Crippen molar-refractivity contribution in [2.75, 3.05) is 18.0 Å². The first-order chi connectivity index (χ1) is 8.63. The van der Waals surface area contributed by atoms with E-state index in [0.717, 1.165) is 0 Å². The number of nitrogens with one attached hydrogen (secondary N) is 1. The minimum Gasteiger partial charge on any atom is -0.392 e. The fourth-order valence-electron chi connectivity index (χ4n) is 1.85. The molecule has 0 aromatic heterocycles. The quantitative estimate of drug-likeness (QED) is 0.686. The van der Waals surface area contributed by atoms with Crippen LogP contribution in [-0.4, -0.2) is 30.0 Å². The summed E-state index contributed by atoms with van der Waals surface area (Å²) in [5, 5.41) is 20.3. The summed E-state index contributed by atoms with van der Waals surface area (Å²) in [4.78, 5) is 24.1. The molecule has 0 spiro atoms. The van der Waals surface area contributed by atoms with E-state index >= 15 is 0 Å². The van der Waals surface area contributed by atoms with Crippen molar-refractivity contribution in [1.82, 2.24) is 5.32 Å². The molecule has 1 aliphatic heterocycles. The maximum Gasteiger partial charge on any atom is 0.246 e. The van der Waals surface area contributed by atoms with E-state index in [1.807, 2.05) is 6.07 Å². The number of hydrogen-bond donors (Lipinski definition) is 2. The van der Waals surface area contributed by atoms with Crippen molar-refractivity contribution < 1.29 is 14.7 Å². The molecule has 0 radical (unpaired) electrons. The Morgan fingerprint density at radius 3 is 2.56 bits per heavy atom. The predicted molar refractivity (Wildman–Crippen MR) is 62.4 cm³/mol. The maximum absolute atomic E-state index is 11.3. The number of piperazine rings is 1. The van der Waals surface area contributed by atoms with Crippen LogP contribution in [0.15, 0.2) is 18.2 Å². The monoisotopic (exact) mass is 245 g/mol. The van der Waals surface area contributed by atoms with Crippen LogP contribution in [0, 0.1) is 11.3 Å². The van der Waals surface area contributed by atoms with Crippen LogP contribution in [0.4, 0.5) is 5.69 Å². The van der Waals surface area contributed by atoms with Gasteiger partial charge in [0, 0.05) is 0 Å². The number of aliphatic hydroxyl groups is 1. The van der Waals surface area contributed by atoms with Crippen molar-refractivity contribution >= 4 is 17.5 Å². The molecule has 1 fully saturated rings. The molecular weight excluding hydrogens is 234 g/mol. The third-order valence-corrected chi connectivity index (χ3v) is 2.65. The van der Waals surface area contributed by atoms with Gasteiger partial charge in [-0.05, 0) is 17.7 Å². The number of carbonyl (C=O) groups excluding carboxylic acids is 2. The molecule has 2 amide bonds. The SMILES string of the molecule is N#Cc1cc(CO)ccc1N1CC(=O)NC(=O)C1. The van der Waals surface area contributed by atoms with Gasteiger partial charge < -0.3 is 10.0 Å². The Labute approximate surface area is 103 Å². The van der Waals surface area contributed by atoms with Crippen molar-refractivity contribution in [1.29, 1.82) is 5.26 Å². The Hall–Kier alpha value is -2.39. The Kier molecular flexibility index (Phi) is 3.26. The molecule has 2 N–H and O–H groups in total. The van der Waals surface area contributed by atoms with Crippen molar-refractivity contribution in [2.45, 2.75) is 6.61 Å². The smallest absolute Gasteiger partial charge is 0.246 e. The first-order valence-electron chi connectivity index (χ1n) is 5.35. The van der Waals surface area contributed by atoms with E-state index in [-0.39, 0.29) is 31.5 Å². The summed E-state index contributed by atoms with van der Waals surface area (Å²) in [6.07, 6.45) is 0. The Bertz CT molecular complexity index is 532. The van der Waals surface area contributed by atoms with Gasteiger partial charge in [0.05, 0.1) is 30.9 Å². The van der Waals surface area contributed by atoms with Gasteiger partial charge in [-0.3, -0.25) is 14.9 Å². The molecule has 0 saturated carbocycles. The zero-order valence-corrected chi connectivity index (χ0v) is 9.51. The maximum atomic E-state index is 11.3. The van der Waals surface area contributed by atoms with Gasteiger partial charge in [0.2, 0.25) is 11.8 Å². The first-order valence-corrected chi connectivity index (χ1v) is 5.35. The Balaban J connectivity index is 2.35. The summed E-state index contributed by atoms with van der Waals surface area (Å²) >= 11 is 0. The number of anilines is 1. The number of imide groups is 1. The summed E-state index contributed by atoms with van der Waals surface area (Å²) in [6, 6.07) is 6.84. The van der Waals surface area contributed by atoms with E-state index in [1.54, 1.807) is 23.1 Å². The third-order valence-electron chi connectivity index (χ3n) is 2.65. The Morgan fingerprint density at radius 2 is 2.00 bits per heavy atom. The van der Waals surface area contributed by atoms with E-state index in [1.165, 1.54) is 0 Å². The largest absolute Gasteiger partial charge is 0.392 e. The number of aliphatic hydroxyl groups excluding tert-OH is 1. The number of hydrogen-bond acceptors (Lipinski definition) is 5. The fraction of sp³-hybridized carbons (Fsp3) is 0.250. The molecule has 0 unspecified atom stereocenters. The van der Waals surface area contributed by atoms with Crippen LogP contribution in [0.2, 0.25) is 0 Å². The van der Waals surface area contributed by atoms with Crippen LogP contribution in [0.1, 0.15) is 11.1 Å². The summed E-state index contributed by atoms with van der Waals surface area (Å²) in [5.41, 5.74) is 1.48. The van der Waals surface area contributed by atoms with Crippen molar-refractivity contribution in [3.63, 3.8) is 0 Å². The molecule has 1 aromatic rings. The molecule has 1 aromatic carbocycles. The lowest BCUT2D eigenvalue weighted by Crippen LogP contribution is -2.51. The van der Waals surface area contributed by atoms with Gasteiger partial charge in [-0.15, -0.1) is 0 Å². The van der Waals surface area contributed by atoms with Crippen LogP contribution >= 0.6 is 0 Å². The van der Waals surface area contributed by atoms with Crippen LogP contribution in [0.25, 0.3) is 0 Å². The number of carbonyl (C=O) groups is 2. The van der Waals surface area contributed by atoms with Crippen molar-refractivity contribution in [2.24, 2.45) is 0 Å². The molecule has 6 heteroatoms. The van der Waals surface area contributed by atoms with Gasteiger partial charge in [0.15, 0.2) is 0 Å². The fourth-order valence-corrected chi connectivity index (χ4v) is 1.85. The van der Waals surface area contributed by atoms with Gasteiger partial charge in [-0.2, -0.15) is 5.26 Å². The standard InChI is InChI=1S/C12H11N3O3/c13-4-9-3-8(7-16)1-2-10(9)15-5-11(17)14-12(18)6-15/h1-3,16H,5-7H2,(H,14,17,18). The summed E-state index contributed by atoms with van der Waals surface area (Å²) in [7, 11) is 0. The number of nitrogens with zero attached hydrogens (tertiary/aromatic N) is 2. The third kappa shape index (κ3) is 2.31. The molecule has 92 valence electrons. The van der Waals surface area contributed by atoms with Gasteiger partial charge in [-0.25, -0.2) is 0 Å². The van der Waals surface area contributed by atoms with Gasteiger partial charge in [0.25, 0.3) is 0 Å². The molecule has 0 atom stereocenters. The van der Waals surface area contributed by atoms with Gasteiger partial charge in [0.1, 0.15) is 6.07 Å². The van der Waals surface area contributed by atoms with Crippen LogP contribution in [0.5, 0.6) is 0 Å². The second kappa shape index (κ2) is 4.85. The van der Waals surface area contributed by atoms with E-state index in [0.29, 0.717) is 16.8 Å². The first kappa shape index (κ1) is 12.1. The topological polar surface area (TPSA) is 93.4 Å². The number of amides is 2. The van der Waals surface area contributed by atoms with Crippen molar-refractivity contribution in [3.8, 4) is 6.07 Å². The van der Waals surface area contributed by atoms with Gasteiger partial charge >= 0.3 is 0 Å². The highest BCUT2D eigenvalue weighted by Crippen LogP contribution is 2.22. The summed E-state index contributed by atoms with van der Waals surface area (Å²) in [5.74, 6) is -0.775. The molecule has 0 bridgehead atoms. The average molecular weight is 245 g/mol. The molecule has 0 aliphatic carbocycles. The number of nitriles is 1.